The van der Waals surface area contributed by atoms with Crippen LogP contribution in [0.25, 0.3) is 0 Å². The van der Waals surface area contributed by atoms with Crippen LogP contribution in [-0.4, -0.2) is 37.8 Å². The van der Waals surface area contributed by atoms with E-state index in [1.54, 1.807) is 7.11 Å². The van der Waals surface area contributed by atoms with Crippen molar-refractivity contribution >= 4 is 6.09 Å². The molecule has 2 atom stereocenters. The van der Waals surface area contributed by atoms with Crippen molar-refractivity contribution in [3.63, 3.8) is 0 Å². The van der Waals surface area contributed by atoms with E-state index in [9.17, 15) is 4.79 Å². The molecule has 0 radical (unpaired) electrons. The standard InChI is InChI=1S/C17H25NO3/c1-14(12-20-2)16-9-6-10-18(11-16)17(19)21-13-15-7-4-3-5-8-15/h3-5,7-8,14,16H,6,9-13H2,1-2H3. The Balaban J connectivity index is 1.81. The van der Waals surface area contributed by atoms with E-state index in [4.69, 9.17) is 9.47 Å². The lowest BCUT2D eigenvalue weighted by Crippen LogP contribution is -2.42. The van der Waals surface area contributed by atoms with Crippen molar-refractivity contribution in [1.29, 1.82) is 0 Å². The van der Waals surface area contributed by atoms with Crippen LogP contribution in [0.1, 0.15) is 25.3 Å². The molecule has 1 amide bonds. The van der Waals surface area contributed by atoms with Crippen LogP contribution in [0.5, 0.6) is 0 Å². The molecule has 1 aliphatic rings. The SMILES string of the molecule is COCC(C)C1CCCN(C(=O)OCc2ccccc2)C1. The van der Waals surface area contributed by atoms with Gasteiger partial charge in [-0.15, -0.1) is 0 Å². The predicted molar refractivity (Wildman–Crippen MR) is 82.0 cm³/mol. The number of carbonyl (C=O) groups is 1. The van der Waals surface area contributed by atoms with Crippen molar-refractivity contribution in [3.05, 3.63) is 35.9 Å². The second kappa shape index (κ2) is 8.03. The van der Waals surface area contributed by atoms with Crippen LogP contribution >= 0.6 is 0 Å². The Labute approximate surface area is 127 Å². The second-order valence-electron chi connectivity index (χ2n) is 5.82. The average Bonchev–Trinajstić information content (AvgIpc) is 2.54. The molecule has 0 bridgehead atoms. The third-order valence-corrected chi connectivity index (χ3v) is 4.16. The number of ether oxygens (including phenoxy) is 2. The normalized spacial score (nSPS) is 20.1. The highest BCUT2D eigenvalue weighted by atomic mass is 16.6. The highest BCUT2D eigenvalue weighted by Gasteiger charge is 2.28. The maximum Gasteiger partial charge on any atom is 0.410 e. The number of amides is 1. The summed E-state index contributed by atoms with van der Waals surface area (Å²) in [7, 11) is 1.73. The summed E-state index contributed by atoms with van der Waals surface area (Å²) < 4.78 is 10.6. The minimum absolute atomic E-state index is 0.201. The number of piperidine rings is 1. The molecule has 0 N–H and O–H groups in total. The van der Waals surface area contributed by atoms with Crippen molar-refractivity contribution in [3.8, 4) is 0 Å². The Hall–Kier alpha value is -1.55. The summed E-state index contributed by atoms with van der Waals surface area (Å²) in [4.78, 5) is 14.0. The number of benzene rings is 1. The van der Waals surface area contributed by atoms with Gasteiger partial charge in [0, 0.05) is 26.8 Å². The minimum atomic E-state index is -0.201. The third-order valence-electron chi connectivity index (χ3n) is 4.16. The molecule has 1 aliphatic heterocycles. The zero-order valence-electron chi connectivity index (χ0n) is 13.0. The Morgan fingerprint density at radius 1 is 1.38 bits per heavy atom. The quantitative estimate of drug-likeness (QED) is 0.835. The maximum absolute atomic E-state index is 12.2. The van der Waals surface area contributed by atoms with Crippen LogP contribution in [0.15, 0.2) is 30.3 Å². The van der Waals surface area contributed by atoms with Gasteiger partial charge in [0.25, 0.3) is 0 Å². The fraction of sp³-hybridized carbons (Fsp3) is 0.588. The van der Waals surface area contributed by atoms with E-state index < -0.39 is 0 Å². The van der Waals surface area contributed by atoms with Gasteiger partial charge in [0.2, 0.25) is 0 Å². The molecule has 2 unspecified atom stereocenters. The lowest BCUT2D eigenvalue weighted by Gasteiger charge is -2.35. The fourth-order valence-electron chi connectivity index (χ4n) is 2.85. The summed E-state index contributed by atoms with van der Waals surface area (Å²) in [6.45, 7) is 4.85. The average molecular weight is 291 g/mol. The van der Waals surface area contributed by atoms with E-state index in [-0.39, 0.29) is 6.09 Å². The van der Waals surface area contributed by atoms with Gasteiger partial charge in [-0.1, -0.05) is 37.3 Å². The highest BCUT2D eigenvalue weighted by Crippen LogP contribution is 2.24. The first-order valence-corrected chi connectivity index (χ1v) is 7.65. The predicted octanol–water partition coefficient (Wildman–Crippen LogP) is 3.32. The topological polar surface area (TPSA) is 38.8 Å². The van der Waals surface area contributed by atoms with Crippen LogP contribution < -0.4 is 0 Å². The van der Waals surface area contributed by atoms with Gasteiger partial charge in [-0.3, -0.25) is 0 Å². The first kappa shape index (κ1) is 15.8. The Morgan fingerprint density at radius 3 is 2.86 bits per heavy atom. The molecule has 0 aromatic heterocycles. The molecule has 4 nitrogen and oxygen atoms in total. The number of methoxy groups -OCH3 is 1. The monoisotopic (exact) mass is 291 g/mol. The van der Waals surface area contributed by atoms with Gasteiger partial charge in [-0.05, 0) is 30.2 Å². The summed E-state index contributed by atoms with van der Waals surface area (Å²) in [6, 6.07) is 9.79. The molecule has 1 saturated heterocycles. The summed E-state index contributed by atoms with van der Waals surface area (Å²) in [5.74, 6) is 0.975. The summed E-state index contributed by atoms with van der Waals surface area (Å²) in [6.07, 6.45) is 2.00. The zero-order chi connectivity index (χ0) is 15.1. The van der Waals surface area contributed by atoms with E-state index in [0.29, 0.717) is 18.4 Å². The van der Waals surface area contributed by atoms with Gasteiger partial charge in [-0.2, -0.15) is 0 Å². The van der Waals surface area contributed by atoms with Gasteiger partial charge >= 0.3 is 6.09 Å². The van der Waals surface area contributed by atoms with Gasteiger partial charge in [0.15, 0.2) is 0 Å². The Kier molecular flexibility index (Phi) is 6.05. The fourth-order valence-corrected chi connectivity index (χ4v) is 2.85. The molecule has 1 aromatic carbocycles. The Morgan fingerprint density at radius 2 is 2.14 bits per heavy atom. The molecule has 2 rings (SSSR count). The first-order valence-electron chi connectivity index (χ1n) is 7.65. The van der Waals surface area contributed by atoms with E-state index >= 15 is 0 Å². The molecule has 1 fully saturated rings. The molecular weight excluding hydrogens is 266 g/mol. The van der Waals surface area contributed by atoms with Crippen molar-refractivity contribution in [2.45, 2.75) is 26.4 Å². The van der Waals surface area contributed by atoms with E-state index in [1.165, 1.54) is 0 Å². The van der Waals surface area contributed by atoms with Crippen molar-refractivity contribution < 1.29 is 14.3 Å². The molecule has 1 heterocycles. The summed E-state index contributed by atoms with van der Waals surface area (Å²) in [5, 5.41) is 0. The van der Waals surface area contributed by atoms with Crippen molar-refractivity contribution in [1.82, 2.24) is 4.90 Å². The largest absolute Gasteiger partial charge is 0.445 e. The molecule has 0 spiro atoms. The van der Waals surface area contributed by atoms with Crippen LogP contribution in [0.3, 0.4) is 0 Å². The van der Waals surface area contributed by atoms with Crippen LogP contribution in [-0.2, 0) is 16.1 Å². The van der Waals surface area contributed by atoms with Crippen LogP contribution in [0, 0.1) is 11.8 Å². The third kappa shape index (κ3) is 4.74. The van der Waals surface area contributed by atoms with Gasteiger partial charge < -0.3 is 14.4 Å². The molecule has 0 aliphatic carbocycles. The second-order valence-corrected chi connectivity index (χ2v) is 5.82. The van der Waals surface area contributed by atoms with E-state index in [1.807, 2.05) is 35.2 Å². The highest BCUT2D eigenvalue weighted by molar-refractivity contribution is 5.67. The maximum atomic E-state index is 12.2. The van der Waals surface area contributed by atoms with Gasteiger partial charge in [0.1, 0.15) is 6.61 Å². The molecule has 4 heteroatoms. The zero-order valence-corrected chi connectivity index (χ0v) is 13.0. The number of nitrogens with zero attached hydrogens (tertiary/aromatic N) is 1. The number of likely N-dealkylation sites (tertiary alicyclic amines) is 1. The van der Waals surface area contributed by atoms with E-state index in [2.05, 4.69) is 6.92 Å². The molecule has 116 valence electrons. The lowest BCUT2D eigenvalue weighted by molar-refractivity contribution is 0.0566. The van der Waals surface area contributed by atoms with Crippen molar-refractivity contribution in [2.75, 3.05) is 26.8 Å². The smallest absolute Gasteiger partial charge is 0.410 e. The lowest BCUT2D eigenvalue weighted by atomic mass is 9.87. The summed E-state index contributed by atoms with van der Waals surface area (Å²) >= 11 is 0. The first-order chi connectivity index (χ1) is 10.2. The molecular formula is C17H25NO3. The molecule has 1 aromatic rings. The number of hydrogen-bond donors (Lipinski definition) is 0. The number of hydrogen-bond acceptors (Lipinski definition) is 3. The molecule has 0 saturated carbocycles. The van der Waals surface area contributed by atoms with E-state index in [0.717, 1.165) is 38.1 Å². The summed E-state index contributed by atoms with van der Waals surface area (Å²) in [5.41, 5.74) is 1.02. The van der Waals surface area contributed by atoms with Crippen LogP contribution in [0.2, 0.25) is 0 Å². The van der Waals surface area contributed by atoms with Gasteiger partial charge in [-0.25, -0.2) is 4.79 Å². The van der Waals surface area contributed by atoms with Gasteiger partial charge in [0.05, 0.1) is 0 Å². The number of carbonyl (C=O) groups excluding carboxylic acids is 1. The van der Waals surface area contributed by atoms with Crippen LogP contribution in [0.4, 0.5) is 4.79 Å². The minimum Gasteiger partial charge on any atom is -0.445 e. The van der Waals surface area contributed by atoms with Crippen molar-refractivity contribution in [2.24, 2.45) is 11.8 Å². The molecule has 21 heavy (non-hydrogen) atoms. The number of rotatable bonds is 5. The Bertz CT molecular complexity index is 435.